The Bertz CT molecular complexity index is 1350. The molecule has 5 aromatic rings. The van der Waals surface area contributed by atoms with E-state index in [2.05, 4.69) is 37.0 Å². The van der Waals surface area contributed by atoms with Crippen molar-refractivity contribution in [1.29, 1.82) is 0 Å². The molecular formula is C26H20FNO. The van der Waals surface area contributed by atoms with E-state index in [4.69, 9.17) is 4.42 Å². The lowest BCUT2D eigenvalue weighted by molar-refractivity contribution is 0.628. The van der Waals surface area contributed by atoms with E-state index in [0.717, 1.165) is 44.3 Å². The highest BCUT2D eigenvalue weighted by atomic mass is 19.1. The summed E-state index contributed by atoms with van der Waals surface area (Å²) < 4.78 is 19.9. The summed E-state index contributed by atoms with van der Waals surface area (Å²) in [6.07, 6.45) is 1.86. The minimum Gasteiger partial charge on any atom is -0.455 e. The molecule has 0 aliphatic rings. The Labute approximate surface area is 168 Å². The van der Waals surface area contributed by atoms with Crippen molar-refractivity contribution in [2.24, 2.45) is 0 Å². The van der Waals surface area contributed by atoms with Crippen molar-refractivity contribution in [2.45, 2.75) is 19.8 Å². The Kier molecular flexibility index (Phi) is 4.17. The molecule has 0 amide bonds. The van der Waals surface area contributed by atoms with Crippen molar-refractivity contribution in [2.75, 3.05) is 0 Å². The van der Waals surface area contributed by atoms with E-state index in [0.29, 0.717) is 5.92 Å². The average Bonchev–Trinajstić information content (AvgIpc) is 3.11. The Hall–Kier alpha value is -3.46. The van der Waals surface area contributed by atoms with Gasteiger partial charge < -0.3 is 4.42 Å². The first-order valence-corrected chi connectivity index (χ1v) is 9.78. The molecule has 5 rings (SSSR count). The maximum atomic E-state index is 13.6. The van der Waals surface area contributed by atoms with Gasteiger partial charge in [0.2, 0.25) is 0 Å². The van der Waals surface area contributed by atoms with Crippen molar-refractivity contribution in [1.82, 2.24) is 4.98 Å². The molecule has 0 aliphatic carbocycles. The predicted octanol–water partition coefficient (Wildman–Crippen LogP) is 7.58. The third-order valence-electron chi connectivity index (χ3n) is 5.38. The molecule has 0 aliphatic heterocycles. The molecule has 0 fully saturated rings. The van der Waals surface area contributed by atoms with Gasteiger partial charge in [-0.1, -0.05) is 44.2 Å². The maximum Gasteiger partial charge on any atom is 0.144 e. The summed E-state index contributed by atoms with van der Waals surface area (Å²) in [5.74, 6) is 0.186. The van der Waals surface area contributed by atoms with Crippen molar-refractivity contribution in [3.05, 3.63) is 90.4 Å². The second kappa shape index (κ2) is 6.85. The van der Waals surface area contributed by atoms with E-state index in [1.165, 1.54) is 17.7 Å². The van der Waals surface area contributed by atoms with Crippen LogP contribution in [0.3, 0.4) is 0 Å². The third kappa shape index (κ3) is 3.09. The van der Waals surface area contributed by atoms with E-state index in [1.54, 1.807) is 6.07 Å². The first kappa shape index (κ1) is 17.6. The SMILES string of the molecule is CC(C)c1ccnc(-c2cccc3c2oc2cc(-c4cccc(F)c4)ccc23)c1. The highest BCUT2D eigenvalue weighted by Gasteiger charge is 2.14. The lowest BCUT2D eigenvalue weighted by atomic mass is 10.00. The number of hydrogen-bond donors (Lipinski definition) is 0. The minimum absolute atomic E-state index is 0.245. The van der Waals surface area contributed by atoms with Gasteiger partial charge in [0.05, 0.1) is 5.69 Å². The molecule has 0 saturated carbocycles. The Morgan fingerprint density at radius 2 is 1.66 bits per heavy atom. The quantitative estimate of drug-likeness (QED) is 0.322. The predicted molar refractivity (Wildman–Crippen MR) is 116 cm³/mol. The van der Waals surface area contributed by atoms with Crippen LogP contribution in [0.4, 0.5) is 4.39 Å². The van der Waals surface area contributed by atoms with Crippen LogP contribution in [0.2, 0.25) is 0 Å². The summed E-state index contributed by atoms with van der Waals surface area (Å²) in [6, 6.07) is 23.0. The van der Waals surface area contributed by atoms with Crippen LogP contribution in [0.1, 0.15) is 25.3 Å². The molecule has 2 aromatic heterocycles. The number of benzene rings is 3. The molecule has 142 valence electrons. The van der Waals surface area contributed by atoms with E-state index in [-0.39, 0.29) is 5.82 Å². The molecule has 0 saturated heterocycles. The molecule has 29 heavy (non-hydrogen) atoms. The standard InChI is InChI=1S/C26H20FNO/c1-16(2)17-11-12-28-24(14-17)23-8-4-7-22-21-10-9-19(15-25(21)29-26(22)23)18-5-3-6-20(27)13-18/h3-16H,1-2H3. The highest BCUT2D eigenvalue weighted by molar-refractivity contribution is 6.10. The third-order valence-corrected chi connectivity index (χ3v) is 5.38. The fourth-order valence-corrected chi connectivity index (χ4v) is 3.80. The van der Waals surface area contributed by atoms with Gasteiger partial charge in [-0.25, -0.2) is 4.39 Å². The van der Waals surface area contributed by atoms with E-state index in [9.17, 15) is 4.39 Å². The maximum absolute atomic E-state index is 13.6. The van der Waals surface area contributed by atoms with Gasteiger partial charge in [0, 0.05) is 22.5 Å². The van der Waals surface area contributed by atoms with Gasteiger partial charge in [-0.05, 0) is 65.1 Å². The van der Waals surface area contributed by atoms with Crippen LogP contribution in [-0.4, -0.2) is 4.98 Å². The van der Waals surface area contributed by atoms with Crippen LogP contribution in [0.25, 0.3) is 44.3 Å². The topological polar surface area (TPSA) is 26.0 Å². The molecule has 3 heteroatoms. The van der Waals surface area contributed by atoms with Crippen molar-refractivity contribution >= 4 is 21.9 Å². The second-order valence-corrected chi connectivity index (χ2v) is 7.63. The number of hydrogen-bond acceptors (Lipinski definition) is 2. The molecule has 3 aromatic carbocycles. The summed E-state index contributed by atoms with van der Waals surface area (Å²) in [5.41, 5.74) is 6.51. The number of rotatable bonds is 3. The summed E-state index contributed by atoms with van der Waals surface area (Å²) in [7, 11) is 0. The number of pyridine rings is 1. The van der Waals surface area contributed by atoms with Crippen LogP contribution < -0.4 is 0 Å². The number of fused-ring (bicyclic) bond motifs is 3. The molecule has 0 atom stereocenters. The van der Waals surface area contributed by atoms with Crippen LogP contribution >= 0.6 is 0 Å². The van der Waals surface area contributed by atoms with Gasteiger partial charge >= 0.3 is 0 Å². The van der Waals surface area contributed by atoms with Gasteiger partial charge in [0.1, 0.15) is 17.0 Å². The molecule has 0 unspecified atom stereocenters. The lowest BCUT2D eigenvalue weighted by Crippen LogP contribution is -1.90. The van der Waals surface area contributed by atoms with Gasteiger partial charge in [0.15, 0.2) is 0 Å². The summed E-state index contributed by atoms with van der Waals surface area (Å²) in [6.45, 7) is 4.35. The number of aromatic nitrogens is 1. The highest BCUT2D eigenvalue weighted by Crippen LogP contribution is 2.37. The van der Waals surface area contributed by atoms with E-state index in [1.807, 2.05) is 42.6 Å². The zero-order valence-electron chi connectivity index (χ0n) is 16.3. The fraction of sp³-hybridized carbons (Fsp3) is 0.115. The number of furan rings is 1. The van der Waals surface area contributed by atoms with Crippen molar-refractivity contribution < 1.29 is 8.81 Å². The van der Waals surface area contributed by atoms with Gasteiger partial charge in [-0.2, -0.15) is 0 Å². The first-order chi connectivity index (χ1) is 14.1. The zero-order valence-corrected chi connectivity index (χ0v) is 16.3. The molecular weight excluding hydrogens is 361 g/mol. The zero-order chi connectivity index (χ0) is 20.0. The van der Waals surface area contributed by atoms with Crippen molar-refractivity contribution in [3.8, 4) is 22.4 Å². The normalized spacial score (nSPS) is 11.6. The fourth-order valence-electron chi connectivity index (χ4n) is 3.80. The number of halogens is 1. The minimum atomic E-state index is -0.245. The van der Waals surface area contributed by atoms with Crippen LogP contribution in [0.15, 0.2) is 83.4 Å². The largest absolute Gasteiger partial charge is 0.455 e. The molecule has 0 spiro atoms. The average molecular weight is 381 g/mol. The Balaban J connectivity index is 1.70. The van der Waals surface area contributed by atoms with Crippen LogP contribution in [-0.2, 0) is 0 Å². The second-order valence-electron chi connectivity index (χ2n) is 7.63. The Morgan fingerprint density at radius 3 is 2.48 bits per heavy atom. The monoisotopic (exact) mass is 381 g/mol. The van der Waals surface area contributed by atoms with Gasteiger partial charge in [0.25, 0.3) is 0 Å². The van der Waals surface area contributed by atoms with Crippen LogP contribution in [0, 0.1) is 5.82 Å². The van der Waals surface area contributed by atoms with Crippen LogP contribution in [0.5, 0.6) is 0 Å². The molecule has 0 radical (unpaired) electrons. The molecule has 2 heterocycles. The van der Waals surface area contributed by atoms with Gasteiger partial charge in [-0.3, -0.25) is 4.98 Å². The number of nitrogens with zero attached hydrogens (tertiary/aromatic N) is 1. The molecule has 2 nitrogen and oxygen atoms in total. The summed E-state index contributed by atoms with van der Waals surface area (Å²) >= 11 is 0. The molecule has 0 bridgehead atoms. The Morgan fingerprint density at radius 1 is 0.828 bits per heavy atom. The first-order valence-electron chi connectivity index (χ1n) is 9.78. The summed E-state index contributed by atoms with van der Waals surface area (Å²) in [5, 5.41) is 2.10. The molecule has 0 N–H and O–H groups in total. The number of para-hydroxylation sites is 1. The van der Waals surface area contributed by atoms with E-state index >= 15 is 0 Å². The van der Waals surface area contributed by atoms with Crippen molar-refractivity contribution in [3.63, 3.8) is 0 Å². The van der Waals surface area contributed by atoms with E-state index < -0.39 is 0 Å². The smallest absolute Gasteiger partial charge is 0.144 e. The van der Waals surface area contributed by atoms with Gasteiger partial charge in [-0.15, -0.1) is 0 Å². The summed E-state index contributed by atoms with van der Waals surface area (Å²) in [4.78, 5) is 4.59. The lowest BCUT2D eigenvalue weighted by Gasteiger charge is -2.07.